The molecule has 0 saturated heterocycles. The van der Waals surface area contributed by atoms with Crippen molar-refractivity contribution in [1.82, 2.24) is 5.32 Å². The van der Waals surface area contributed by atoms with E-state index in [9.17, 15) is 9.18 Å². The predicted octanol–water partition coefficient (Wildman–Crippen LogP) is 2.74. The van der Waals surface area contributed by atoms with E-state index in [1.54, 1.807) is 26.0 Å². The Kier molecular flexibility index (Phi) is 5.78. The van der Waals surface area contributed by atoms with Crippen molar-refractivity contribution in [3.05, 3.63) is 35.1 Å². The third kappa shape index (κ3) is 3.81. The molecule has 4 heteroatoms. The second-order valence-electron chi connectivity index (χ2n) is 4.15. The SMILES string of the molecule is CCCNC(C(=O)OCC)c1ccc(C)c(F)c1. The molecule has 0 amide bonds. The van der Waals surface area contributed by atoms with E-state index in [1.165, 1.54) is 6.07 Å². The van der Waals surface area contributed by atoms with Crippen LogP contribution in [0.25, 0.3) is 0 Å². The lowest BCUT2D eigenvalue weighted by atomic mass is 10.0. The Balaban J connectivity index is 2.93. The molecule has 0 heterocycles. The number of rotatable bonds is 6. The van der Waals surface area contributed by atoms with E-state index in [0.717, 1.165) is 6.42 Å². The summed E-state index contributed by atoms with van der Waals surface area (Å²) in [6.07, 6.45) is 0.893. The van der Waals surface area contributed by atoms with Gasteiger partial charge in [0.25, 0.3) is 0 Å². The van der Waals surface area contributed by atoms with Crippen LogP contribution in [-0.4, -0.2) is 19.1 Å². The molecule has 1 N–H and O–H groups in total. The highest BCUT2D eigenvalue weighted by Crippen LogP contribution is 2.18. The minimum atomic E-state index is -0.597. The number of hydrogen-bond donors (Lipinski definition) is 1. The third-order valence-corrected chi connectivity index (χ3v) is 2.65. The third-order valence-electron chi connectivity index (χ3n) is 2.65. The van der Waals surface area contributed by atoms with E-state index < -0.39 is 6.04 Å². The number of carbonyl (C=O) groups is 1. The second-order valence-corrected chi connectivity index (χ2v) is 4.15. The molecule has 18 heavy (non-hydrogen) atoms. The summed E-state index contributed by atoms with van der Waals surface area (Å²) in [5.74, 6) is -0.672. The van der Waals surface area contributed by atoms with Crippen LogP contribution in [0.2, 0.25) is 0 Å². The van der Waals surface area contributed by atoms with Crippen molar-refractivity contribution in [2.75, 3.05) is 13.2 Å². The molecule has 0 aliphatic heterocycles. The molecule has 3 nitrogen and oxygen atoms in total. The predicted molar refractivity (Wildman–Crippen MR) is 68.8 cm³/mol. The first-order valence-corrected chi connectivity index (χ1v) is 6.26. The van der Waals surface area contributed by atoms with Gasteiger partial charge in [-0.2, -0.15) is 0 Å². The van der Waals surface area contributed by atoms with Gasteiger partial charge in [0.15, 0.2) is 0 Å². The van der Waals surface area contributed by atoms with Crippen LogP contribution in [0.15, 0.2) is 18.2 Å². The zero-order valence-electron chi connectivity index (χ0n) is 11.1. The van der Waals surface area contributed by atoms with Gasteiger partial charge in [0.1, 0.15) is 11.9 Å². The highest BCUT2D eigenvalue weighted by molar-refractivity contribution is 5.77. The maximum atomic E-state index is 13.5. The minimum Gasteiger partial charge on any atom is -0.465 e. The molecule has 0 aliphatic rings. The van der Waals surface area contributed by atoms with E-state index in [1.807, 2.05) is 6.92 Å². The van der Waals surface area contributed by atoms with Crippen LogP contribution in [0.1, 0.15) is 37.4 Å². The average Bonchev–Trinajstić information content (AvgIpc) is 2.34. The fourth-order valence-electron chi connectivity index (χ4n) is 1.64. The first-order valence-electron chi connectivity index (χ1n) is 6.26. The number of aryl methyl sites for hydroxylation is 1. The van der Waals surface area contributed by atoms with Crippen LogP contribution < -0.4 is 5.32 Å². The summed E-state index contributed by atoms with van der Waals surface area (Å²) in [5, 5.41) is 3.08. The van der Waals surface area contributed by atoms with Crippen molar-refractivity contribution in [2.24, 2.45) is 0 Å². The minimum absolute atomic E-state index is 0.305. The van der Waals surface area contributed by atoms with Crippen LogP contribution in [0, 0.1) is 12.7 Å². The quantitative estimate of drug-likeness (QED) is 0.792. The number of benzene rings is 1. The maximum Gasteiger partial charge on any atom is 0.327 e. The van der Waals surface area contributed by atoms with E-state index in [-0.39, 0.29) is 11.8 Å². The number of hydrogen-bond acceptors (Lipinski definition) is 3. The van der Waals surface area contributed by atoms with E-state index >= 15 is 0 Å². The van der Waals surface area contributed by atoms with Gasteiger partial charge in [-0.3, -0.25) is 0 Å². The molecule has 0 aromatic heterocycles. The number of esters is 1. The highest BCUT2D eigenvalue weighted by Gasteiger charge is 2.21. The molecular weight excluding hydrogens is 233 g/mol. The van der Waals surface area contributed by atoms with Gasteiger partial charge < -0.3 is 10.1 Å². The van der Waals surface area contributed by atoms with Crippen LogP contribution in [0.4, 0.5) is 4.39 Å². The first kappa shape index (κ1) is 14.6. The van der Waals surface area contributed by atoms with Crippen molar-refractivity contribution in [3.63, 3.8) is 0 Å². The molecule has 0 spiro atoms. The van der Waals surface area contributed by atoms with Gasteiger partial charge in [0, 0.05) is 0 Å². The summed E-state index contributed by atoms with van der Waals surface area (Å²) in [5.41, 5.74) is 1.17. The van der Waals surface area contributed by atoms with E-state index in [2.05, 4.69) is 5.32 Å². The van der Waals surface area contributed by atoms with Crippen molar-refractivity contribution >= 4 is 5.97 Å². The lowest BCUT2D eigenvalue weighted by Crippen LogP contribution is -2.31. The Morgan fingerprint density at radius 1 is 1.44 bits per heavy atom. The number of halogens is 1. The van der Waals surface area contributed by atoms with Gasteiger partial charge in [-0.1, -0.05) is 19.1 Å². The lowest BCUT2D eigenvalue weighted by Gasteiger charge is -2.17. The molecule has 0 fully saturated rings. The van der Waals surface area contributed by atoms with Crippen molar-refractivity contribution < 1.29 is 13.9 Å². The molecule has 0 radical (unpaired) electrons. The fraction of sp³-hybridized carbons (Fsp3) is 0.500. The van der Waals surface area contributed by atoms with Gasteiger partial charge in [0.2, 0.25) is 0 Å². The molecule has 0 saturated carbocycles. The van der Waals surface area contributed by atoms with E-state index in [4.69, 9.17) is 4.74 Å². The van der Waals surface area contributed by atoms with Gasteiger partial charge in [-0.15, -0.1) is 0 Å². The molecular formula is C14H20FNO2. The summed E-state index contributed by atoms with van der Waals surface area (Å²) < 4.78 is 18.5. The monoisotopic (exact) mass is 253 g/mol. The second kappa shape index (κ2) is 7.11. The molecule has 0 aliphatic carbocycles. The van der Waals surface area contributed by atoms with Crippen molar-refractivity contribution in [3.8, 4) is 0 Å². The molecule has 100 valence electrons. The molecule has 1 unspecified atom stereocenters. The Morgan fingerprint density at radius 3 is 2.72 bits per heavy atom. The summed E-state index contributed by atoms with van der Waals surface area (Å²) in [6.45, 7) is 6.45. The van der Waals surface area contributed by atoms with Gasteiger partial charge in [-0.05, 0) is 44.0 Å². The molecule has 1 aromatic carbocycles. The summed E-state index contributed by atoms with van der Waals surface area (Å²) in [6, 6.07) is 4.22. The zero-order chi connectivity index (χ0) is 13.5. The number of carbonyl (C=O) groups excluding carboxylic acids is 1. The molecule has 1 rings (SSSR count). The van der Waals surface area contributed by atoms with Crippen LogP contribution in [-0.2, 0) is 9.53 Å². The van der Waals surface area contributed by atoms with E-state index in [0.29, 0.717) is 24.3 Å². The standard InChI is InChI=1S/C14H20FNO2/c1-4-8-16-13(14(17)18-5-2)11-7-6-10(3)12(15)9-11/h6-7,9,13,16H,4-5,8H2,1-3H3. The number of nitrogens with one attached hydrogen (secondary N) is 1. The van der Waals surface area contributed by atoms with Crippen LogP contribution >= 0.6 is 0 Å². The molecule has 0 bridgehead atoms. The zero-order valence-corrected chi connectivity index (χ0v) is 11.1. The van der Waals surface area contributed by atoms with Gasteiger partial charge in [-0.25, -0.2) is 9.18 Å². The normalized spacial score (nSPS) is 12.2. The Bertz CT molecular complexity index is 407. The Hall–Kier alpha value is -1.42. The summed E-state index contributed by atoms with van der Waals surface area (Å²) >= 11 is 0. The van der Waals surface area contributed by atoms with Gasteiger partial charge >= 0.3 is 5.97 Å². The van der Waals surface area contributed by atoms with Crippen LogP contribution in [0.3, 0.4) is 0 Å². The average molecular weight is 253 g/mol. The molecule has 1 atom stereocenters. The Morgan fingerprint density at radius 2 is 2.17 bits per heavy atom. The smallest absolute Gasteiger partial charge is 0.327 e. The molecule has 1 aromatic rings. The number of ether oxygens (including phenoxy) is 1. The Labute approximate surface area is 107 Å². The van der Waals surface area contributed by atoms with Crippen molar-refractivity contribution in [1.29, 1.82) is 0 Å². The lowest BCUT2D eigenvalue weighted by molar-refractivity contribution is -0.145. The van der Waals surface area contributed by atoms with Crippen molar-refractivity contribution in [2.45, 2.75) is 33.2 Å². The fourth-order valence-corrected chi connectivity index (χ4v) is 1.64. The largest absolute Gasteiger partial charge is 0.465 e. The summed E-state index contributed by atoms with van der Waals surface area (Å²) in [7, 11) is 0. The first-order chi connectivity index (χ1) is 8.60. The highest BCUT2D eigenvalue weighted by atomic mass is 19.1. The van der Waals surface area contributed by atoms with Gasteiger partial charge in [0.05, 0.1) is 6.61 Å². The summed E-state index contributed by atoms with van der Waals surface area (Å²) in [4.78, 5) is 11.8. The topological polar surface area (TPSA) is 38.3 Å². The maximum absolute atomic E-state index is 13.5. The van der Waals surface area contributed by atoms with Crippen LogP contribution in [0.5, 0.6) is 0 Å².